The fourth-order valence-corrected chi connectivity index (χ4v) is 1.88. The highest BCUT2D eigenvalue weighted by Gasteiger charge is 2.01. The smallest absolute Gasteiger partial charge is 0.256 e. The number of hydrazone groups is 1. The van der Waals surface area contributed by atoms with Crippen LogP contribution in [0.25, 0.3) is 10.9 Å². The van der Waals surface area contributed by atoms with Crippen molar-refractivity contribution in [1.82, 2.24) is 9.82 Å². The fraction of sp³-hybridized carbons (Fsp3) is 0. The number of aromatic nitrogens is 1. The van der Waals surface area contributed by atoms with Crippen molar-refractivity contribution in [1.29, 1.82) is 0 Å². The van der Waals surface area contributed by atoms with Crippen LogP contribution in [0.3, 0.4) is 0 Å². The summed E-state index contributed by atoms with van der Waals surface area (Å²) in [7, 11) is -3.21. The molecule has 18 heavy (non-hydrogen) atoms. The number of para-hydroxylation sites is 1. The first-order valence-electron chi connectivity index (χ1n) is 5.19. The number of hydrogen-bond donors (Lipinski definition) is 1. The van der Waals surface area contributed by atoms with Crippen LogP contribution in [0.2, 0.25) is 0 Å². The SMILES string of the molecule is O=S1(=O)C=CC=NN1.c1ccc2ncccc2c1. The minimum absolute atomic E-state index is 1.04. The summed E-state index contributed by atoms with van der Waals surface area (Å²) in [6.45, 7) is 0. The van der Waals surface area contributed by atoms with Crippen molar-refractivity contribution in [2.24, 2.45) is 5.10 Å². The highest BCUT2D eigenvalue weighted by molar-refractivity contribution is 7.92. The van der Waals surface area contributed by atoms with E-state index in [0.717, 1.165) is 10.9 Å². The molecule has 1 aliphatic rings. The molecule has 1 aromatic heterocycles. The maximum atomic E-state index is 10.3. The van der Waals surface area contributed by atoms with Gasteiger partial charge in [-0.1, -0.05) is 24.3 Å². The van der Waals surface area contributed by atoms with Crippen LogP contribution in [0.15, 0.2) is 59.2 Å². The number of hydrogen-bond acceptors (Lipinski definition) is 4. The largest absolute Gasteiger partial charge is 0.269 e. The summed E-state index contributed by atoms with van der Waals surface area (Å²) in [5.41, 5.74) is 1.06. The molecule has 0 fully saturated rings. The molecule has 0 radical (unpaired) electrons. The molecule has 6 heteroatoms. The summed E-state index contributed by atoms with van der Waals surface area (Å²) in [4.78, 5) is 6.09. The molecule has 0 unspecified atom stereocenters. The summed E-state index contributed by atoms with van der Waals surface area (Å²) in [6.07, 6.45) is 4.52. The van der Waals surface area contributed by atoms with Gasteiger partial charge in [0.1, 0.15) is 0 Å². The van der Waals surface area contributed by atoms with E-state index in [0.29, 0.717) is 0 Å². The highest BCUT2D eigenvalue weighted by atomic mass is 32.2. The van der Waals surface area contributed by atoms with E-state index in [2.05, 4.69) is 22.2 Å². The first-order chi connectivity index (χ1) is 8.67. The van der Waals surface area contributed by atoms with Crippen LogP contribution >= 0.6 is 0 Å². The molecule has 1 aliphatic heterocycles. The van der Waals surface area contributed by atoms with E-state index in [1.807, 2.05) is 35.3 Å². The Balaban J connectivity index is 0.000000138. The van der Waals surface area contributed by atoms with Gasteiger partial charge in [0.05, 0.1) is 10.9 Å². The molecule has 0 saturated heterocycles. The Labute approximate surface area is 105 Å². The van der Waals surface area contributed by atoms with Gasteiger partial charge in [-0.15, -0.1) is 0 Å². The monoisotopic (exact) mass is 261 g/mol. The highest BCUT2D eigenvalue weighted by Crippen LogP contribution is 2.07. The van der Waals surface area contributed by atoms with Crippen LogP contribution in [-0.4, -0.2) is 19.6 Å². The molecule has 0 spiro atoms. The van der Waals surface area contributed by atoms with E-state index >= 15 is 0 Å². The van der Waals surface area contributed by atoms with Crippen molar-refractivity contribution in [3.8, 4) is 0 Å². The predicted octanol–water partition coefficient (Wildman–Crippen LogP) is 1.65. The molecule has 0 atom stereocenters. The third-order valence-corrected chi connectivity index (χ3v) is 2.99. The number of pyridine rings is 1. The van der Waals surface area contributed by atoms with Gasteiger partial charge in [0.15, 0.2) is 0 Å². The zero-order chi connectivity index (χ0) is 12.8. The number of rotatable bonds is 0. The van der Waals surface area contributed by atoms with Crippen molar-refractivity contribution < 1.29 is 8.42 Å². The molecular weight excluding hydrogens is 250 g/mol. The number of benzene rings is 1. The van der Waals surface area contributed by atoms with Crippen LogP contribution in [0, 0.1) is 0 Å². The molecule has 0 amide bonds. The molecule has 0 bridgehead atoms. The van der Waals surface area contributed by atoms with Crippen molar-refractivity contribution in [3.05, 3.63) is 54.1 Å². The minimum Gasteiger partial charge on any atom is -0.256 e. The second kappa shape index (κ2) is 5.42. The predicted molar refractivity (Wildman–Crippen MR) is 71.4 cm³/mol. The Morgan fingerprint density at radius 1 is 1.06 bits per heavy atom. The van der Waals surface area contributed by atoms with Crippen LogP contribution < -0.4 is 4.83 Å². The topological polar surface area (TPSA) is 71.4 Å². The van der Waals surface area contributed by atoms with Crippen molar-refractivity contribution in [2.75, 3.05) is 0 Å². The Morgan fingerprint density at radius 3 is 2.44 bits per heavy atom. The van der Waals surface area contributed by atoms with Gasteiger partial charge in [-0.3, -0.25) is 4.98 Å². The van der Waals surface area contributed by atoms with Crippen molar-refractivity contribution >= 4 is 27.1 Å². The van der Waals surface area contributed by atoms with Gasteiger partial charge >= 0.3 is 0 Å². The van der Waals surface area contributed by atoms with Gasteiger partial charge in [0.2, 0.25) is 0 Å². The third-order valence-electron chi connectivity index (χ3n) is 2.11. The standard InChI is InChI=1S/C9H7N.C3H4N2O2S/c1-2-6-9-8(4-1)5-3-7-10-9;6-8(7)3-1-2-4-5-8/h1-7H;1-3,5H. The quantitative estimate of drug-likeness (QED) is 0.783. The number of nitrogens with zero attached hydrogens (tertiary/aromatic N) is 2. The summed E-state index contributed by atoms with van der Waals surface area (Å²) >= 11 is 0. The van der Waals surface area contributed by atoms with E-state index in [9.17, 15) is 8.42 Å². The lowest BCUT2D eigenvalue weighted by Crippen LogP contribution is -2.16. The number of nitrogens with one attached hydrogen (secondary N) is 1. The summed E-state index contributed by atoms with van der Waals surface area (Å²) in [5, 5.41) is 5.52. The van der Waals surface area contributed by atoms with Crippen LogP contribution in [0.4, 0.5) is 0 Å². The van der Waals surface area contributed by atoms with Gasteiger partial charge in [0, 0.05) is 17.8 Å². The third kappa shape index (κ3) is 3.39. The average molecular weight is 261 g/mol. The minimum atomic E-state index is -3.21. The molecule has 92 valence electrons. The van der Waals surface area contributed by atoms with E-state index < -0.39 is 10.0 Å². The van der Waals surface area contributed by atoms with Gasteiger partial charge in [-0.2, -0.15) is 5.10 Å². The molecule has 0 saturated carbocycles. The first kappa shape index (κ1) is 12.3. The number of fused-ring (bicyclic) bond motifs is 1. The van der Waals surface area contributed by atoms with E-state index in [1.54, 1.807) is 0 Å². The van der Waals surface area contributed by atoms with Crippen molar-refractivity contribution in [2.45, 2.75) is 0 Å². The Kier molecular flexibility index (Phi) is 3.69. The molecule has 2 aromatic rings. The zero-order valence-corrected chi connectivity index (χ0v) is 10.2. The molecule has 2 heterocycles. The molecule has 3 rings (SSSR count). The fourth-order valence-electron chi connectivity index (χ4n) is 1.33. The maximum Gasteiger partial charge on any atom is 0.269 e. The Bertz CT molecular complexity index is 628. The Morgan fingerprint density at radius 2 is 1.83 bits per heavy atom. The molecule has 5 nitrogen and oxygen atoms in total. The van der Waals surface area contributed by atoms with Gasteiger partial charge in [-0.25, -0.2) is 13.2 Å². The van der Waals surface area contributed by atoms with Gasteiger partial charge in [-0.05, 0) is 18.2 Å². The second-order valence-corrected chi connectivity index (χ2v) is 4.98. The lowest BCUT2D eigenvalue weighted by atomic mass is 10.2. The normalized spacial score (nSPS) is 15.6. The lowest BCUT2D eigenvalue weighted by molar-refractivity contribution is 0.593. The number of sulfonamides is 1. The zero-order valence-electron chi connectivity index (χ0n) is 9.39. The molecule has 0 aliphatic carbocycles. The molecule has 1 aromatic carbocycles. The van der Waals surface area contributed by atoms with Crippen LogP contribution in [-0.2, 0) is 10.0 Å². The van der Waals surface area contributed by atoms with E-state index in [1.165, 1.54) is 17.7 Å². The van der Waals surface area contributed by atoms with E-state index in [4.69, 9.17) is 0 Å². The summed E-state index contributed by atoms with van der Waals surface area (Å²) in [6, 6.07) is 12.1. The summed E-state index contributed by atoms with van der Waals surface area (Å²) < 4.78 is 20.7. The van der Waals surface area contributed by atoms with Gasteiger partial charge in [0.25, 0.3) is 10.0 Å². The van der Waals surface area contributed by atoms with Crippen molar-refractivity contribution in [3.63, 3.8) is 0 Å². The van der Waals surface area contributed by atoms with Crippen LogP contribution in [0.5, 0.6) is 0 Å². The Hall–Kier alpha value is -2.21. The number of allylic oxidation sites excluding steroid dienone is 1. The first-order valence-corrected chi connectivity index (χ1v) is 6.73. The lowest BCUT2D eigenvalue weighted by Gasteiger charge is -1.97. The summed E-state index contributed by atoms with van der Waals surface area (Å²) in [5.74, 6) is 0. The van der Waals surface area contributed by atoms with Gasteiger partial charge < -0.3 is 0 Å². The molecule has 1 N–H and O–H groups in total. The average Bonchev–Trinajstić information content (AvgIpc) is 2.39. The second-order valence-electron chi connectivity index (χ2n) is 3.44. The van der Waals surface area contributed by atoms with Crippen LogP contribution in [0.1, 0.15) is 0 Å². The maximum absolute atomic E-state index is 10.3. The van der Waals surface area contributed by atoms with E-state index in [-0.39, 0.29) is 0 Å². The molecular formula is C12H11N3O2S.